The number of halogens is 3. The fourth-order valence-corrected chi connectivity index (χ4v) is 3.59. The van der Waals surface area contributed by atoms with E-state index in [4.69, 9.17) is 0 Å². The van der Waals surface area contributed by atoms with Gasteiger partial charge in [-0.1, -0.05) is 36.4 Å². The standard InChI is InChI=1S/C21H21F3N2O2/c1-13(25-20(27)18-15(22)9-5-10-16(18)23)17-11-6-12-26(17)21(28)19(24)14-7-3-2-4-8-14/h2-5,7-10,13,17,19H,6,11-12H2,1H3,(H,25,27)/t13?,17-,19?/m0/s1. The van der Waals surface area contributed by atoms with Crippen molar-refractivity contribution in [3.8, 4) is 0 Å². The fourth-order valence-electron chi connectivity index (χ4n) is 3.59. The van der Waals surface area contributed by atoms with Gasteiger partial charge in [0, 0.05) is 12.6 Å². The van der Waals surface area contributed by atoms with E-state index in [1.807, 2.05) is 0 Å². The molecule has 2 amide bonds. The minimum Gasteiger partial charge on any atom is -0.347 e. The molecule has 0 radical (unpaired) electrons. The van der Waals surface area contributed by atoms with Gasteiger partial charge in [-0.15, -0.1) is 0 Å². The number of likely N-dealkylation sites (tertiary alicyclic amines) is 1. The summed E-state index contributed by atoms with van der Waals surface area (Å²) in [7, 11) is 0. The Labute approximate surface area is 161 Å². The molecule has 3 atom stereocenters. The molecule has 1 aliphatic rings. The summed E-state index contributed by atoms with van der Waals surface area (Å²) in [5, 5.41) is 2.55. The number of alkyl halides is 1. The summed E-state index contributed by atoms with van der Waals surface area (Å²) in [6.07, 6.45) is -0.575. The Morgan fingerprint density at radius 2 is 1.71 bits per heavy atom. The molecule has 2 aromatic carbocycles. The van der Waals surface area contributed by atoms with E-state index in [0.29, 0.717) is 19.4 Å². The third kappa shape index (κ3) is 4.03. The van der Waals surface area contributed by atoms with Gasteiger partial charge >= 0.3 is 0 Å². The average Bonchev–Trinajstić information content (AvgIpc) is 3.17. The number of benzene rings is 2. The monoisotopic (exact) mass is 390 g/mol. The van der Waals surface area contributed by atoms with Gasteiger partial charge in [0.25, 0.3) is 11.8 Å². The molecule has 2 aromatic rings. The van der Waals surface area contributed by atoms with E-state index in [9.17, 15) is 22.8 Å². The van der Waals surface area contributed by atoms with Gasteiger partial charge in [0.15, 0.2) is 0 Å². The van der Waals surface area contributed by atoms with Crippen LogP contribution in [0.5, 0.6) is 0 Å². The lowest BCUT2D eigenvalue weighted by molar-refractivity contribution is -0.138. The number of carbonyl (C=O) groups excluding carboxylic acids is 2. The Morgan fingerprint density at radius 1 is 1.07 bits per heavy atom. The van der Waals surface area contributed by atoms with Crippen molar-refractivity contribution >= 4 is 11.8 Å². The van der Waals surface area contributed by atoms with Crippen molar-refractivity contribution in [2.24, 2.45) is 0 Å². The first kappa shape index (κ1) is 19.9. The summed E-state index contributed by atoms with van der Waals surface area (Å²) in [5.74, 6) is -3.50. The predicted octanol–water partition coefficient (Wildman–Crippen LogP) is 3.78. The molecule has 0 spiro atoms. The number of rotatable bonds is 5. The number of hydrogen-bond donors (Lipinski definition) is 1. The Bertz CT molecular complexity index is 840. The van der Waals surface area contributed by atoms with E-state index in [2.05, 4.69) is 5.32 Å². The first-order valence-electron chi connectivity index (χ1n) is 9.14. The summed E-state index contributed by atoms with van der Waals surface area (Å²) in [4.78, 5) is 26.4. The molecule has 2 unspecified atom stereocenters. The quantitative estimate of drug-likeness (QED) is 0.845. The van der Waals surface area contributed by atoms with Crippen molar-refractivity contribution in [2.45, 2.75) is 38.0 Å². The smallest absolute Gasteiger partial charge is 0.262 e. The molecule has 0 saturated carbocycles. The molecule has 148 valence electrons. The SMILES string of the molecule is CC(NC(=O)c1c(F)cccc1F)[C@@H]1CCCN1C(=O)C(F)c1ccccc1. The van der Waals surface area contributed by atoms with Gasteiger partial charge in [-0.3, -0.25) is 9.59 Å². The van der Waals surface area contributed by atoms with Gasteiger partial charge in [-0.25, -0.2) is 13.2 Å². The molecule has 4 nitrogen and oxygen atoms in total. The molecule has 1 fully saturated rings. The van der Waals surface area contributed by atoms with Crippen LogP contribution in [0.1, 0.15) is 41.9 Å². The zero-order valence-corrected chi connectivity index (χ0v) is 15.4. The lowest BCUT2D eigenvalue weighted by Gasteiger charge is -2.31. The number of hydrogen-bond acceptors (Lipinski definition) is 2. The molecule has 1 N–H and O–H groups in total. The molecule has 28 heavy (non-hydrogen) atoms. The van der Waals surface area contributed by atoms with E-state index in [-0.39, 0.29) is 5.56 Å². The third-order valence-electron chi connectivity index (χ3n) is 5.02. The van der Waals surface area contributed by atoms with E-state index in [0.717, 1.165) is 12.1 Å². The highest BCUT2D eigenvalue weighted by Crippen LogP contribution is 2.27. The van der Waals surface area contributed by atoms with Gasteiger partial charge in [0.05, 0.1) is 6.04 Å². The van der Waals surface area contributed by atoms with Crippen molar-refractivity contribution < 1.29 is 22.8 Å². The maximum atomic E-state index is 14.7. The Kier molecular flexibility index (Phi) is 6.02. The highest BCUT2D eigenvalue weighted by Gasteiger charge is 2.37. The maximum absolute atomic E-state index is 14.7. The van der Waals surface area contributed by atoms with Gasteiger partial charge in [-0.2, -0.15) is 0 Å². The lowest BCUT2D eigenvalue weighted by Crippen LogP contribution is -2.50. The zero-order chi connectivity index (χ0) is 20.3. The summed E-state index contributed by atoms with van der Waals surface area (Å²) >= 11 is 0. The van der Waals surface area contributed by atoms with E-state index >= 15 is 0 Å². The number of amides is 2. The zero-order valence-electron chi connectivity index (χ0n) is 15.4. The first-order chi connectivity index (χ1) is 13.4. The lowest BCUT2D eigenvalue weighted by atomic mass is 10.0. The molecule has 7 heteroatoms. The molecule has 0 aliphatic carbocycles. The average molecular weight is 390 g/mol. The summed E-state index contributed by atoms with van der Waals surface area (Å²) in [6, 6.07) is 10.3. The molecule has 3 rings (SSSR count). The number of nitrogens with zero attached hydrogens (tertiary/aromatic N) is 1. The van der Waals surface area contributed by atoms with Crippen LogP contribution in [-0.4, -0.2) is 35.3 Å². The minimum absolute atomic E-state index is 0.267. The topological polar surface area (TPSA) is 49.4 Å². The van der Waals surface area contributed by atoms with Crippen LogP contribution in [0.15, 0.2) is 48.5 Å². The number of carbonyl (C=O) groups is 2. The van der Waals surface area contributed by atoms with Crippen LogP contribution in [0.25, 0.3) is 0 Å². The fraction of sp³-hybridized carbons (Fsp3) is 0.333. The Morgan fingerprint density at radius 3 is 2.36 bits per heavy atom. The first-order valence-corrected chi connectivity index (χ1v) is 9.14. The van der Waals surface area contributed by atoms with Crippen molar-refractivity contribution in [2.75, 3.05) is 6.54 Å². The maximum Gasteiger partial charge on any atom is 0.262 e. The van der Waals surface area contributed by atoms with Crippen molar-refractivity contribution in [3.63, 3.8) is 0 Å². The summed E-state index contributed by atoms with van der Waals surface area (Å²) in [5.41, 5.74) is -0.402. The minimum atomic E-state index is -1.80. The Balaban J connectivity index is 1.71. The highest BCUT2D eigenvalue weighted by atomic mass is 19.1. The van der Waals surface area contributed by atoms with Gasteiger partial charge < -0.3 is 10.2 Å². The largest absolute Gasteiger partial charge is 0.347 e. The van der Waals surface area contributed by atoms with Crippen LogP contribution in [0.3, 0.4) is 0 Å². The second-order valence-electron chi connectivity index (χ2n) is 6.87. The van der Waals surface area contributed by atoms with Gasteiger partial charge in [0.1, 0.15) is 17.2 Å². The second-order valence-corrected chi connectivity index (χ2v) is 6.87. The van der Waals surface area contributed by atoms with Crippen molar-refractivity contribution in [1.82, 2.24) is 10.2 Å². The predicted molar refractivity (Wildman–Crippen MR) is 98.3 cm³/mol. The van der Waals surface area contributed by atoms with Crippen LogP contribution >= 0.6 is 0 Å². The molecular formula is C21H21F3N2O2. The summed E-state index contributed by atoms with van der Waals surface area (Å²) < 4.78 is 42.3. The number of nitrogens with one attached hydrogen (secondary N) is 1. The van der Waals surface area contributed by atoms with Crippen molar-refractivity contribution in [1.29, 1.82) is 0 Å². The summed E-state index contributed by atoms with van der Waals surface area (Å²) in [6.45, 7) is 2.01. The normalized spacial score (nSPS) is 18.6. The van der Waals surface area contributed by atoms with E-state index < -0.39 is 47.3 Å². The van der Waals surface area contributed by atoms with Gasteiger partial charge in [-0.05, 0) is 37.5 Å². The molecule has 1 aliphatic heterocycles. The van der Waals surface area contributed by atoms with E-state index in [1.54, 1.807) is 37.3 Å². The van der Waals surface area contributed by atoms with Crippen LogP contribution in [0.2, 0.25) is 0 Å². The molecule has 1 heterocycles. The van der Waals surface area contributed by atoms with Crippen molar-refractivity contribution in [3.05, 3.63) is 71.3 Å². The molecule has 0 bridgehead atoms. The molecular weight excluding hydrogens is 369 g/mol. The van der Waals surface area contributed by atoms with Crippen LogP contribution < -0.4 is 5.32 Å². The molecule has 0 aromatic heterocycles. The Hall–Kier alpha value is -2.83. The highest BCUT2D eigenvalue weighted by molar-refractivity contribution is 5.95. The van der Waals surface area contributed by atoms with Crippen LogP contribution in [0, 0.1) is 11.6 Å². The van der Waals surface area contributed by atoms with Gasteiger partial charge in [0.2, 0.25) is 6.17 Å². The van der Waals surface area contributed by atoms with Crippen LogP contribution in [-0.2, 0) is 4.79 Å². The van der Waals surface area contributed by atoms with E-state index in [1.165, 1.54) is 11.0 Å². The third-order valence-corrected chi connectivity index (χ3v) is 5.02. The molecule has 1 saturated heterocycles. The van der Waals surface area contributed by atoms with Crippen LogP contribution in [0.4, 0.5) is 13.2 Å². The second kappa shape index (κ2) is 8.46.